The molecule has 2 rings (SSSR count). The summed E-state index contributed by atoms with van der Waals surface area (Å²) in [6, 6.07) is 4.14. The van der Waals surface area contributed by atoms with Gasteiger partial charge in [0.2, 0.25) is 0 Å². The minimum absolute atomic E-state index is 0.626. The van der Waals surface area contributed by atoms with E-state index in [2.05, 4.69) is 36.9 Å². The van der Waals surface area contributed by atoms with Crippen molar-refractivity contribution < 1.29 is 0 Å². The van der Waals surface area contributed by atoms with Crippen LogP contribution in [0, 0.1) is 0 Å². The van der Waals surface area contributed by atoms with Crippen LogP contribution in [0.2, 0.25) is 0 Å². The van der Waals surface area contributed by atoms with E-state index < -0.39 is 0 Å². The van der Waals surface area contributed by atoms with E-state index in [4.69, 9.17) is 5.73 Å². The Balaban J connectivity index is 2.48. The van der Waals surface area contributed by atoms with E-state index in [1.807, 2.05) is 13.1 Å². The third-order valence-electron chi connectivity index (χ3n) is 2.27. The molecule has 80 valence electrons. The van der Waals surface area contributed by atoms with Crippen LogP contribution in [-0.2, 0) is 13.5 Å². The van der Waals surface area contributed by atoms with Crippen LogP contribution in [0.25, 0.3) is 10.6 Å². The van der Waals surface area contributed by atoms with E-state index in [0.29, 0.717) is 6.54 Å². The Bertz CT molecular complexity index is 447. The molecule has 0 radical (unpaired) electrons. The van der Waals surface area contributed by atoms with Crippen molar-refractivity contribution in [1.82, 2.24) is 9.55 Å². The molecule has 2 heterocycles. The van der Waals surface area contributed by atoms with E-state index >= 15 is 0 Å². The summed E-state index contributed by atoms with van der Waals surface area (Å²) in [5.74, 6) is 1.02. The van der Waals surface area contributed by atoms with Crippen molar-refractivity contribution in [3.05, 3.63) is 27.9 Å². The van der Waals surface area contributed by atoms with Gasteiger partial charge in [-0.05, 0) is 33.9 Å². The molecule has 2 N–H and O–H groups in total. The largest absolute Gasteiger partial charge is 0.330 e. The van der Waals surface area contributed by atoms with Gasteiger partial charge in [0.15, 0.2) is 0 Å². The van der Waals surface area contributed by atoms with E-state index in [9.17, 15) is 0 Å². The molecule has 0 aromatic carbocycles. The summed E-state index contributed by atoms with van der Waals surface area (Å²) in [4.78, 5) is 5.68. The van der Waals surface area contributed by atoms with Gasteiger partial charge < -0.3 is 10.3 Å². The first-order chi connectivity index (χ1) is 7.24. The highest BCUT2D eigenvalue weighted by molar-refractivity contribution is 9.10. The lowest BCUT2D eigenvalue weighted by molar-refractivity contribution is 0.782. The monoisotopic (exact) mass is 285 g/mol. The molecule has 0 spiro atoms. The van der Waals surface area contributed by atoms with Crippen LogP contribution < -0.4 is 5.73 Å². The van der Waals surface area contributed by atoms with Gasteiger partial charge in [0.1, 0.15) is 10.4 Å². The number of halogens is 1. The predicted octanol–water partition coefficient (Wildman–Crippen LogP) is 2.41. The number of rotatable bonds is 3. The Kier molecular flexibility index (Phi) is 3.23. The molecule has 0 aliphatic carbocycles. The Labute approximate surface area is 101 Å². The smallest absolute Gasteiger partial charge is 0.133 e. The summed E-state index contributed by atoms with van der Waals surface area (Å²) in [6.07, 6.45) is 0.806. The van der Waals surface area contributed by atoms with Gasteiger partial charge in [0, 0.05) is 13.5 Å². The normalized spacial score (nSPS) is 10.9. The van der Waals surface area contributed by atoms with Crippen molar-refractivity contribution in [2.75, 3.05) is 6.54 Å². The third-order valence-corrected chi connectivity index (χ3v) is 3.70. The van der Waals surface area contributed by atoms with Crippen LogP contribution in [0.5, 0.6) is 0 Å². The summed E-state index contributed by atoms with van der Waals surface area (Å²) < 4.78 is 3.00. The highest BCUT2D eigenvalue weighted by atomic mass is 79.9. The van der Waals surface area contributed by atoms with Crippen LogP contribution in [0.4, 0.5) is 0 Å². The topological polar surface area (TPSA) is 43.8 Å². The van der Waals surface area contributed by atoms with Crippen LogP contribution in [0.3, 0.4) is 0 Å². The summed E-state index contributed by atoms with van der Waals surface area (Å²) >= 11 is 5.21. The minimum Gasteiger partial charge on any atom is -0.330 e. The molecule has 0 saturated heterocycles. The molecule has 0 unspecified atom stereocenters. The SMILES string of the molecule is Cn1c(CCN)nc(Br)c1-c1cccs1. The molecule has 2 aromatic heterocycles. The second-order valence-corrected chi connectivity index (χ2v) is 4.94. The highest BCUT2D eigenvalue weighted by Gasteiger charge is 2.14. The first-order valence-corrected chi connectivity index (χ1v) is 6.36. The zero-order chi connectivity index (χ0) is 10.8. The molecule has 2 aromatic rings. The maximum absolute atomic E-state index is 5.54. The van der Waals surface area contributed by atoms with E-state index in [1.54, 1.807) is 11.3 Å². The van der Waals surface area contributed by atoms with Crippen molar-refractivity contribution in [3.8, 4) is 10.6 Å². The number of aromatic nitrogens is 2. The van der Waals surface area contributed by atoms with E-state index in [-0.39, 0.29) is 0 Å². The van der Waals surface area contributed by atoms with E-state index in [0.717, 1.165) is 22.5 Å². The highest BCUT2D eigenvalue weighted by Crippen LogP contribution is 2.31. The molecule has 5 heteroatoms. The molecule has 0 aliphatic heterocycles. The van der Waals surface area contributed by atoms with Crippen LogP contribution in [0.1, 0.15) is 5.82 Å². The van der Waals surface area contributed by atoms with Crippen molar-refractivity contribution in [1.29, 1.82) is 0 Å². The number of thiophene rings is 1. The number of nitrogens with zero attached hydrogens (tertiary/aromatic N) is 2. The van der Waals surface area contributed by atoms with E-state index in [1.165, 1.54) is 4.88 Å². The van der Waals surface area contributed by atoms with Crippen molar-refractivity contribution >= 4 is 27.3 Å². The average molecular weight is 286 g/mol. The van der Waals surface area contributed by atoms with Crippen LogP contribution >= 0.6 is 27.3 Å². The lowest BCUT2D eigenvalue weighted by atomic mass is 10.3. The molecule has 0 aliphatic rings. The molecule has 0 atom stereocenters. The zero-order valence-corrected chi connectivity index (χ0v) is 10.8. The lowest BCUT2D eigenvalue weighted by Gasteiger charge is -2.03. The molecule has 0 fully saturated rings. The molecule has 3 nitrogen and oxygen atoms in total. The molecular formula is C10H12BrN3S. The Morgan fingerprint density at radius 2 is 2.40 bits per heavy atom. The van der Waals surface area contributed by atoms with Gasteiger partial charge in [-0.2, -0.15) is 0 Å². The van der Waals surface area contributed by atoms with Gasteiger partial charge in [0.05, 0.1) is 10.6 Å². The minimum atomic E-state index is 0.626. The standard InChI is InChI=1S/C10H12BrN3S/c1-14-8(4-5-12)13-10(11)9(14)7-3-2-6-15-7/h2-3,6H,4-5,12H2,1H3. The average Bonchev–Trinajstić information content (AvgIpc) is 2.77. The Hall–Kier alpha value is -0.650. The molecule has 0 saturated carbocycles. The fourth-order valence-corrected chi connectivity index (χ4v) is 3.16. The lowest BCUT2D eigenvalue weighted by Crippen LogP contribution is -2.08. The second kappa shape index (κ2) is 4.47. The molecule has 15 heavy (non-hydrogen) atoms. The number of hydrogen-bond acceptors (Lipinski definition) is 3. The summed E-state index contributed by atoms with van der Waals surface area (Å²) in [5.41, 5.74) is 6.67. The fraction of sp³-hybridized carbons (Fsp3) is 0.300. The van der Waals surface area contributed by atoms with Gasteiger partial charge in [-0.25, -0.2) is 4.98 Å². The number of hydrogen-bond donors (Lipinski definition) is 1. The summed E-state index contributed by atoms with van der Waals surface area (Å²) in [5, 5.41) is 2.07. The molecular weight excluding hydrogens is 274 g/mol. The van der Waals surface area contributed by atoms with Crippen LogP contribution in [0.15, 0.2) is 22.1 Å². The van der Waals surface area contributed by atoms with Crippen molar-refractivity contribution in [2.24, 2.45) is 12.8 Å². The van der Waals surface area contributed by atoms with Gasteiger partial charge in [-0.1, -0.05) is 6.07 Å². The van der Waals surface area contributed by atoms with Crippen molar-refractivity contribution in [2.45, 2.75) is 6.42 Å². The number of nitrogens with two attached hydrogens (primary N) is 1. The quantitative estimate of drug-likeness (QED) is 0.941. The maximum atomic E-state index is 5.54. The van der Waals surface area contributed by atoms with Gasteiger partial charge in [-0.3, -0.25) is 0 Å². The van der Waals surface area contributed by atoms with Gasteiger partial charge in [-0.15, -0.1) is 11.3 Å². The fourth-order valence-electron chi connectivity index (χ4n) is 1.54. The molecule has 0 bridgehead atoms. The van der Waals surface area contributed by atoms with Crippen molar-refractivity contribution in [3.63, 3.8) is 0 Å². The first-order valence-electron chi connectivity index (χ1n) is 4.69. The number of imidazole rings is 1. The maximum Gasteiger partial charge on any atom is 0.133 e. The summed E-state index contributed by atoms with van der Waals surface area (Å²) in [6.45, 7) is 0.626. The van der Waals surface area contributed by atoms with Gasteiger partial charge in [0.25, 0.3) is 0 Å². The Morgan fingerprint density at radius 1 is 1.60 bits per heavy atom. The predicted molar refractivity (Wildman–Crippen MR) is 67.0 cm³/mol. The molecule has 0 amide bonds. The Morgan fingerprint density at radius 3 is 3.00 bits per heavy atom. The summed E-state index contributed by atoms with van der Waals surface area (Å²) in [7, 11) is 2.03. The second-order valence-electron chi connectivity index (χ2n) is 3.24. The third kappa shape index (κ3) is 2.00. The zero-order valence-electron chi connectivity index (χ0n) is 8.40. The van der Waals surface area contributed by atoms with Gasteiger partial charge >= 0.3 is 0 Å². The van der Waals surface area contributed by atoms with Crippen LogP contribution in [-0.4, -0.2) is 16.1 Å². The first kappa shape index (κ1) is 10.9.